The normalized spacial score (nSPS) is 12.8. The third-order valence-electron chi connectivity index (χ3n) is 7.78. The zero-order valence-corrected chi connectivity index (χ0v) is 29.8. The summed E-state index contributed by atoms with van der Waals surface area (Å²) in [6.45, 7) is 4.03. The summed E-state index contributed by atoms with van der Waals surface area (Å²) >= 11 is 0. The number of carbonyl (C=O) groups excluding carboxylic acids is 2. The maximum atomic E-state index is 12.1. The number of esters is 2. The quantitative estimate of drug-likeness (QED) is 0.0438. The van der Waals surface area contributed by atoms with Gasteiger partial charge in [0.05, 0.1) is 6.61 Å². The van der Waals surface area contributed by atoms with Crippen LogP contribution in [0.2, 0.25) is 0 Å². The van der Waals surface area contributed by atoms with E-state index in [1.54, 1.807) is 0 Å². The number of hydrogen-bond donors (Lipinski definition) is 1. The van der Waals surface area contributed by atoms with Gasteiger partial charge in [-0.3, -0.25) is 9.59 Å². The number of rotatable bonds is 33. The summed E-state index contributed by atoms with van der Waals surface area (Å²) < 4.78 is 10.5. The molecule has 0 bridgehead atoms. The highest BCUT2D eigenvalue weighted by Crippen LogP contribution is 2.11. The van der Waals surface area contributed by atoms with Gasteiger partial charge in [0, 0.05) is 12.8 Å². The number of unbranched alkanes of at least 4 members (excludes halogenated alkanes) is 15. The molecule has 264 valence electrons. The molecule has 0 rings (SSSR count). The van der Waals surface area contributed by atoms with Crippen LogP contribution < -0.4 is 0 Å². The molecule has 0 saturated carbocycles. The molecular formula is C41H70O5. The van der Waals surface area contributed by atoms with Gasteiger partial charge >= 0.3 is 11.9 Å². The maximum absolute atomic E-state index is 12.1. The lowest BCUT2D eigenvalue weighted by Crippen LogP contribution is -2.28. The summed E-state index contributed by atoms with van der Waals surface area (Å²) in [4.78, 5) is 24.2. The molecule has 0 aliphatic heterocycles. The van der Waals surface area contributed by atoms with Crippen molar-refractivity contribution in [2.24, 2.45) is 0 Å². The largest absolute Gasteiger partial charge is 0.462 e. The summed E-state index contributed by atoms with van der Waals surface area (Å²) in [6, 6.07) is 0. The Morgan fingerprint density at radius 2 is 0.891 bits per heavy atom. The fourth-order valence-electron chi connectivity index (χ4n) is 4.89. The molecule has 0 heterocycles. The lowest BCUT2D eigenvalue weighted by atomic mass is 10.1. The van der Waals surface area contributed by atoms with Crippen LogP contribution in [0.4, 0.5) is 0 Å². The van der Waals surface area contributed by atoms with Crippen LogP contribution >= 0.6 is 0 Å². The molecule has 0 amide bonds. The highest BCUT2D eigenvalue weighted by atomic mass is 16.6. The molecule has 0 fully saturated rings. The molecular weight excluding hydrogens is 572 g/mol. The van der Waals surface area contributed by atoms with Gasteiger partial charge in [-0.25, -0.2) is 0 Å². The highest BCUT2D eigenvalue weighted by molar-refractivity contribution is 5.70. The predicted octanol–water partition coefficient (Wildman–Crippen LogP) is 11.6. The van der Waals surface area contributed by atoms with Crippen LogP contribution in [0.5, 0.6) is 0 Å². The SMILES string of the molecule is CCCCC/C=C\C/C=C\C/C=C\C/C=C\CCCC(=O)OC[C@@H](CO)OC(=O)CCCCCCC/C=C\CCCCCCCC. The van der Waals surface area contributed by atoms with Crippen molar-refractivity contribution in [1.82, 2.24) is 0 Å². The van der Waals surface area contributed by atoms with Crippen LogP contribution in [0, 0.1) is 0 Å². The lowest BCUT2D eigenvalue weighted by molar-refractivity contribution is -0.161. The summed E-state index contributed by atoms with van der Waals surface area (Å²) in [6.07, 6.45) is 47.1. The fourth-order valence-corrected chi connectivity index (χ4v) is 4.89. The summed E-state index contributed by atoms with van der Waals surface area (Å²) in [5, 5.41) is 9.53. The molecule has 0 unspecified atom stereocenters. The Bertz CT molecular complexity index is 823. The van der Waals surface area contributed by atoms with Crippen molar-refractivity contribution in [2.75, 3.05) is 13.2 Å². The van der Waals surface area contributed by atoms with E-state index in [-0.39, 0.29) is 25.2 Å². The van der Waals surface area contributed by atoms with Gasteiger partial charge in [0.15, 0.2) is 6.10 Å². The first-order chi connectivity index (χ1) is 22.6. The number of carbonyl (C=O) groups is 2. The molecule has 0 radical (unpaired) electrons. The summed E-state index contributed by atoms with van der Waals surface area (Å²) in [7, 11) is 0. The Kier molecular flexibility index (Phi) is 35.1. The third kappa shape index (κ3) is 34.5. The van der Waals surface area contributed by atoms with Crippen LogP contribution in [0.25, 0.3) is 0 Å². The summed E-state index contributed by atoms with van der Waals surface area (Å²) in [5.41, 5.74) is 0. The van der Waals surface area contributed by atoms with Crippen molar-refractivity contribution < 1.29 is 24.2 Å². The van der Waals surface area contributed by atoms with E-state index in [1.807, 2.05) is 0 Å². The van der Waals surface area contributed by atoms with E-state index in [1.165, 1.54) is 83.5 Å². The van der Waals surface area contributed by atoms with Crippen LogP contribution in [-0.2, 0) is 19.1 Å². The average Bonchev–Trinajstić information content (AvgIpc) is 3.06. The molecule has 0 spiro atoms. The molecule has 0 aliphatic carbocycles. The van der Waals surface area contributed by atoms with Gasteiger partial charge in [-0.05, 0) is 77.0 Å². The Morgan fingerprint density at radius 1 is 0.500 bits per heavy atom. The van der Waals surface area contributed by atoms with E-state index in [0.717, 1.165) is 51.4 Å². The van der Waals surface area contributed by atoms with E-state index in [2.05, 4.69) is 74.6 Å². The van der Waals surface area contributed by atoms with Gasteiger partial charge in [0.1, 0.15) is 6.61 Å². The Balaban J connectivity index is 3.70. The van der Waals surface area contributed by atoms with Gasteiger partial charge in [0.25, 0.3) is 0 Å². The molecule has 1 atom stereocenters. The Morgan fingerprint density at radius 3 is 1.43 bits per heavy atom. The van der Waals surface area contributed by atoms with E-state index < -0.39 is 6.10 Å². The minimum atomic E-state index is -0.798. The van der Waals surface area contributed by atoms with E-state index in [9.17, 15) is 14.7 Å². The summed E-state index contributed by atoms with van der Waals surface area (Å²) in [5.74, 6) is -0.670. The van der Waals surface area contributed by atoms with Gasteiger partial charge in [-0.15, -0.1) is 0 Å². The number of allylic oxidation sites excluding steroid dienone is 10. The van der Waals surface area contributed by atoms with Crippen LogP contribution in [-0.4, -0.2) is 36.4 Å². The zero-order chi connectivity index (χ0) is 33.6. The maximum Gasteiger partial charge on any atom is 0.306 e. The number of aliphatic hydroxyl groups excluding tert-OH is 1. The van der Waals surface area contributed by atoms with E-state index in [0.29, 0.717) is 19.3 Å². The van der Waals surface area contributed by atoms with E-state index >= 15 is 0 Å². The highest BCUT2D eigenvalue weighted by Gasteiger charge is 2.16. The molecule has 46 heavy (non-hydrogen) atoms. The monoisotopic (exact) mass is 643 g/mol. The van der Waals surface area contributed by atoms with E-state index in [4.69, 9.17) is 9.47 Å². The first-order valence-corrected chi connectivity index (χ1v) is 18.8. The average molecular weight is 643 g/mol. The fraction of sp³-hybridized carbons (Fsp3) is 0.707. The second kappa shape index (κ2) is 37.1. The molecule has 0 aromatic heterocycles. The van der Waals surface area contributed by atoms with Crippen molar-refractivity contribution in [3.63, 3.8) is 0 Å². The smallest absolute Gasteiger partial charge is 0.306 e. The molecule has 0 aromatic carbocycles. The molecule has 1 N–H and O–H groups in total. The van der Waals surface area contributed by atoms with Gasteiger partial charge < -0.3 is 14.6 Å². The van der Waals surface area contributed by atoms with Crippen molar-refractivity contribution in [2.45, 2.75) is 174 Å². The molecule has 5 nitrogen and oxygen atoms in total. The third-order valence-corrected chi connectivity index (χ3v) is 7.78. The van der Waals surface area contributed by atoms with Crippen LogP contribution in [0.1, 0.15) is 168 Å². The topological polar surface area (TPSA) is 72.8 Å². The predicted molar refractivity (Wildman–Crippen MR) is 196 cm³/mol. The zero-order valence-electron chi connectivity index (χ0n) is 29.8. The second-order valence-electron chi connectivity index (χ2n) is 12.3. The molecule has 0 saturated heterocycles. The number of ether oxygens (including phenoxy) is 2. The standard InChI is InChI=1S/C41H70O5/c1-3-5-7-9-11-13-15-17-19-20-22-23-25-27-29-31-33-35-40(43)45-38-39(37-42)46-41(44)36-34-32-30-28-26-24-21-18-16-14-12-10-8-6-4-2/h11,13,17-19,21-23,27,29,39,42H,3-10,12,14-16,20,24-26,28,30-38H2,1-2H3/b13-11-,19-17-,21-18-,23-22-,29-27-/t39-/m1/s1. The van der Waals surface area contributed by atoms with Gasteiger partial charge in [0.2, 0.25) is 0 Å². The first kappa shape index (κ1) is 43.6. The van der Waals surface area contributed by atoms with Gasteiger partial charge in [-0.2, -0.15) is 0 Å². The minimum absolute atomic E-state index is 0.0994. The van der Waals surface area contributed by atoms with Gasteiger partial charge in [-0.1, -0.05) is 139 Å². The molecule has 0 aromatic rings. The van der Waals surface area contributed by atoms with Crippen molar-refractivity contribution in [3.8, 4) is 0 Å². The first-order valence-electron chi connectivity index (χ1n) is 18.8. The minimum Gasteiger partial charge on any atom is -0.462 e. The van der Waals surface area contributed by atoms with Crippen molar-refractivity contribution in [1.29, 1.82) is 0 Å². The van der Waals surface area contributed by atoms with Crippen molar-refractivity contribution in [3.05, 3.63) is 60.8 Å². The Labute approximate surface area is 283 Å². The Hall–Kier alpha value is -2.40. The lowest BCUT2D eigenvalue weighted by Gasteiger charge is -2.15. The molecule has 5 heteroatoms. The second-order valence-corrected chi connectivity index (χ2v) is 12.3. The number of aliphatic hydroxyl groups is 1. The van der Waals surface area contributed by atoms with Crippen LogP contribution in [0.3, 0.4) is 0 Å². The molecule has 0 aliphatic rings. The van der Waals surface area contributed by atoms with Crippen LogP contribution in [0.15, 0.2) is 60.8 Å². The van der Waals surface area contributed by atoms with Crippen molar-refractivity contribution >= 4 is 11.9 Å². The number of hydrogen-bond acceptors (Lipinski definition) is 5.